The quantitative estimate of drug-likeness (QED) is 0.451. The van der Waals surface area contributed by atoms with Crippen LogP contribution in [0.2, 0.25) is 0 Å². The molecule has 7 heteroatoms. The molecule has 1 saturated heterocycles. The molecule has 0 spiro atoms. The van der Waals surface area contributed by atoms with Gasteiger partial charge >= 0.3 is 6.09 Å². The van der Waals surface area contributed by atoms with Crippen LogP contribution in [0.1, 0.15) is 11.1 Å². The highest BCUT2D eigenvalue weighted by Crippen LogP contribution is 2.16. The van der Waals surface area contributed by atoms with E-state index < -0.39 is 6.09 Å². The number of carbonyl (C=O) groups excluding carboxylic acids is 1. The van der Waals surface area contributed by atoms with Crippen molar-refractivity contribution in [3.8, 4) is 5.75 Å². The van der Waals surface area contributed by atoms with Gasteiger partial charge in [0, 0.05) is 25.3 Å². The standard InChI is InChI=1S/C21H25N3O4/c1-17-2-4-18(5-3-17)16-22-28-21(25)23-19-6-8-20(9-7-19)27-15-12-24-10-13-26-14-11-24/h2-9,16H,10-15H2,1H3,(H,23,25)/b22-16+. The second kappa shape index (κ2) is 10.4. The molecule has 1 fully saturated rings. The molecule has 1 heterocycles. The first-order chi connectivity index (χ1) is 13.7. The van der Waals surface area contributed by atoms with Gasteiger partial charge in [0.1, 0.15) is 12.4 Å². The first kappa shape index (κ1) is 19.9. The normalized spacial score (nSPS) is 14.8. The number of hydrogen-bond donors (Lipinski definition) is 1. The van der Waals surface area contributed by atoms with Crippen molar-refractivity contribution in [3.05, 3.63) is 59.7 Å². The van der Waals surface area contributed by atoms with Crippen LogP contribution in [0.3, 0.4) is 0 Å². The third-order valence-corrected chi connectivity index (χ3v) is 4.30. The molecule has 3 rings (SSSR count). The van der Waals surface area contributed by atoms with E-state index in [0.717, 1.165) is 49.7 Å². The van der Waals surface area contributed by atoms with Crippen LogP contribution in [0.15, 0.2) is 53.7 Å². The number of oxime groups is 1. The molecule has 28 heavy (non-hydrogen) atoms. The van der Waals surface area contributed by atoms with E-state index in [0.29, 0.717) is 12.3 Å². The molecule has 1 aliphatic rings. The number of ether oxygens (including phenoxy) is 2. The molecule has 2 aromatic rings. The Hall–Kier alpha value is -2.90. The maximum Gasteiger partial charge on any atom is 0.437 e. The van der Waals surface area contributed by atoms with Gasteiger partial charge in [-0.2, -0.15) is 0 Å². The Morgan fingerprint density at radius 1 is 1.14 bits per heavy atom. The fourth-order valence-corrected chi connectivity index (χ4v) is 2.68. The summed E-state index contributed by atoms with van der Waals surface area (Å²) in [5.41, 5.74) is 2.62. The summed E-state index contributed by atoms with van der Waals surface area (Å²) in [7, 11) is 0. The highest BCUT2D eigenvalue weighted by molar-refractivity contribution is 5.85. The zero-order valence-electron chi connectivity index (χ0n) is 16.0. The Labute approximate surface area is 164 Å². The summed E-state index contributed by atoms with van der Waals surface area (Å²) in [6.45, 7) is 6.95. The average molecular weight is 383 g/mol. The molecule has 0 radical (unpaired) electrons. The minimum atomic E-state index is -0.649. The van der Waals surface area contributed by atoms with Crippen molar-refractivity contribution in [1.82, 2.24) is 4.90 Å². The van der Waals surface area contributed by atoms with Crippen molar-refractivity contribution in [2.75, 3.05) is 44.8 Å². The zero-order chi connectivity index (χ0) is 19.6. The number of benzene rings is 2. The topological polar surface area (TPSA) is 72.4 Å². The Balaban J connectivity index is 1.38. The summed E-state index contributed by atoms with van der Waals surface area (Å²) in [4.78, 5) is 18.9. The van der Waals surface area contributed by atoms with Gasteiger partial charge in [0.2, 0.25) is 0 Å². The molecule has 0 bridgehead atoms. The lowest BCUT2D eigenvalue weighted by Crippen LogP contribution is -2.38. The van der Waals surface area contributed by atoms with Crippen LogP contribution in [0.25, 0.3) is 0 Å². The summed E-state index contributed by atoms with van der Waals surface area (Å²) >= 11 is 0. The molecular weight excluding hydrogens is 358 g/mol. The van der Waals surface area contributed by atoms with E-state index in [-0.39, 0.29) is 0 Å². The number of rotatable bonds is 7. The van der Waals surface area contributed by atoms with Crippen LogP contribution in [-0.2, 0) is 9.57 Å². The lowest BCUT2D eigenvalue weighted by molar-refractivity contribution is 0.0322. The molecule has 0 saturated carbocycles. The highest BCUT2D eigenvalue weighted by atomic mass is 16.7. The van der Waals surface area contributed by atoms with Gasteiger partial charge in [-0.3, -0.25) is 15.1 Å². The predicted octanol–water partition coefficient (Wildman–Crippen LogP) is 3.29. The number of hydrogen-bond acceptors (Lipinski definition) is 6. The zero-order valence-corrected chi connectivity index (χ0v) is 16.0. The number of nitrogens with one attached hydrogen (secondary N) is 1. The van der Waals surface area contributed by atoms with Crippen molar-refractivity contribution in [2.45, 2.75) is 6.92 Å². The molecule has 1 N–H and O–H groups in total. The fourth-order valence-electron chi connectivity index (χ4n) is 2.68. The van der Waals surface area contributed by atoms with Crippen molar-refractivity contribution in [2.24, 2.45) is 5.16 Å². The summed E-state index contributed by atoms with van der Waals surface area (Å²) in [6, 6.07) is 14.9. The molecule has 0 unspecified atom stereocenters. The summed E-state index contributed by atoms with van der Waals surface area (Å²) < 4.78 is 11.1. The largest absolute Gasteiger partial charge is 0.492 e. The maximum atomic E-state index is 11.8. The average Bonchev–Trinajstić information content (AvgIpc) is 2.72. The van der Waals surface area contributed by atoms with Crippen molar-refractivity contribution in [3.63, 3.8) is 0 Å². The second-order valence-corrected chi connectivity index (χ2v) is 6.48. The van der Waals surface area contributed by atoms with Crippen LogP contribution in [0.5, 0.6) is 5.75 Å². The lowest BCUT2D eigenvalue weighted by atomic mass is 10.2. The number of morpholine rings is 1. The van der Waals surface area contributed by atoms with Crippen LogP contribution >= 0.6 is 0 Å². The fraction of sp³-hybridized carbons (Fsp3) is 0.333. The Morgan fingerprint density at radius 3 is 2.57 bits per heavy atom. The number of anilines is 1. The summed E-state index contributed by atoms with van der Waals surface area (Å²) in [5, 5.41) is 6.31. The van der Waals surface area contributed by atoms with E-state index >= 15 is 0 Å². The SMILES string of the molecule is Cc1ccc(/C=N/OC(=O)Nc2ccc(OCCN3CCOCC3)cc2)cc1. The molecule has 7 nitrogen and oxygen atoms in total. The molecule has 0 atom stereocenters. The predicted molar refractivity (Wildman–Crippen MR) is 108 cm³/mol. The lowest BCUT2D eigenvalue weighted by Gasteiger charge is -2.26. The van der Waals surface area contributed by atoms with Gasteiger partial charge in [-0.05, 0) is 36.8 Å². The molecule has 0 aromatic heterocycles. The summed E-state index contributed by atoms with van der Waals surface area (Å²) in [6.07, 6.45) is 0.842. The molecule has 1 aliphatic heterocycles. The van der Waals surface area contributed by atoms with E-state index in [2.05, 4.69) is 15.4 Å². The molecule has 148 valence electrons. The van der Waals surface area contributed by atoms with Crippen molar-refractivity contribution < 1.29 is 19.1 Å². The van der Waals surface area contributed by atoms with E-state index in [1.54, 1.807) is 12.1 Å². The molecular formula is C21H25N3O4. The van der Waals surface area contributed by atoms with Gasteiger partial charge in [0.15, 0.2) is 0 Å². The number of amides is 1. The van der Waals surface area contributed by atoms with E-state index in [1.807, 2.05) is 43.3 Å². The van der Waals surface area contributed by atoms with Gasteiger partial charge < -0.3 is 9.47 Å². The van der Waals surface area contributed by atoms with Gasteiger partial charge in [-0.15, -0.1) is 0 Å². The van der Waals surface area contributed by atoms with E-state index in [1.165, 1.54) is 6.21 Å². The molecule has 0 aliphatic carbocycles. The Morgan fingerprint density at radius 2 is 1.86 bits per heavy atom. The van der Waals surface area contributed by atoms with Gasteiger partial charge in [0.05, 0.1) is 19.4 Å². The third-order valence-electron chi connectivity index (χ3n) is 4.30. The van der Waals surface area contributed by atoms with Gasteiger partial charge in [-0.25, -0.2) is 4.79 Å². The van der Waals surface area contributed by atoms with Crippen molar-refractivity contribution >= 4 is 18.0 Å². The summed E-state index contributed by atoms with van der Waals surface area (Å²) in [5.74, 6) is 0.754. The van der Waals surface area contributed by atoms with Crippen LogP contribution in [-0.4, -0.2) is 56.7 Å². The second-order valence-electron chi connectivity index (χ2n) is 6.48. The Bertz CT molecular complexity index is 769. The molecule has 2 aromatic carbocycles. The third kappa shape index (κ3) is 6.68. The smallest absolute Gasteiger partial charge is 0.437 e. The number of aryl methyl sites for hydroxylation is 1. The monoisotopic (exact) mass is 383 g/mol. The minimum absolute atomic E-state index is 0.607. The van der Waals surface area contributed by atoms with E-state index in [4.69, 9.17) is 14.3 Å². The Kier molecular flexibility index (Phi) is 7.40. The number of nitrogens with zero attached hydrogens (tertiary/aromatic N) is 2. The first-order valence-electron chi connectivity index (χ1n) is 9.30. The minimum Gasteiger partial charge on any atom is -0.492 e. The molecule has 1 amide bonds. The first-order valence-corrected chi connectivity index (χ1v) is 9.30. The highest BCUT2D eigenvalue weighted by Gasteiger charge is 2.09. The van der Waals surface area contributed by atoms with Gasteiger partial charge in [-0.1, -0.05) is 35.0 Å². The van der Waals surface area contributed by atoms with Crippen LogP contribution in [0.4, 0.5) is 10.5 Å². The number of carbonyl (C=O) groups is 1. The van der Waals surface area contributed by atoms with E-state index in [9.17, 15) is 4.79 Å². The maximum absolute atomic E-state index is 11.8. The van der Waals surface area contributed by atoms with Gasteiger partial charge in [0.25, 0.3) is 0 Å². The van der Waals surface area contributed by atoms with Crippen LogP contribution in [0, 0.1) is 6.92 Å². The van der Waals surface area contributed by atoms with Crippen LogP contribution < -0.4 is 10.1 Å². The van der Waals surface area contributed by atoms with Crippen molar-refractivity contribution in [1.29, 1.82) is 0 Å².